The van der Waals surface area contributed by atoms with Gasteiger partial charge in [-0.1, -0.05) is 19.3 Å². The van der Waals surface area contributed by atoms with Gasteiger partial charge in [-0.3, -0.25) is 0 Å². The Balaban J connectivity index is 1.57. The molecule has 1 saturated carbocycles. The van der Waals surface area contributed by atoms with Crippen molar-refractivity contribution in [3.63, 3.8) is 0 Å². The van der Waals surface area contributed by atoms with Crippen LogP contribution in [0.5, 0.6) is 0 Å². The second kappa shape index (κ2) is 8.42. The van der Waals surface area contributed by atoms with Gasteiger partial charge >= 0.3 is 0 Å². The molecule has 1 aliphatic rings. The van der Waals surface area contributed by atoms with Gasteiger partial charge in [0.05, 0.1) is 12.0 Å². The van der Waals surface area contributed by atoms with Crippen molar-refractivity contribution >= 4 is 0 Å². The number of hydrogen-bond donors (Lipinski definition) is 1. The molecule has 114 valence electrons. The lowest BCUT2D eigenvalue weighted by Crippen LogP contribution is -2.35. The fourth-order valence-corrected chi connectivity index (χ4v) is 3.15. The highest BCUT2D eigenvalue weighted by Crippen LogP contribution is 2.21. The quantitative estimate of drug-likeness (QED) is 0.742. The lowest BCUT2D eigenvalue weighted by Gasteiger charge is -2.31. The van der Waals surface area contributed by atoms with Gasteiger partial charge in [-0.25, -0.2) is 4.98 Å². The highest BCUT2D eigenvalue weighted by Gasteiger charge is 2.17. The molecule has 4 heteroatoms. The van der Waals surface area contributed by atoms with Gasteiger partial charge in [-0.2, -0.15) is 0 Å². The van der Waals surface area contributed by atoms with E-state index in [1.54, 1.807) is 0 Å². The van der Waals surface area contributed by atoms with Crippen LogP contribution in [0, 0.1) is 0 Å². The van der Waals surface area contributed by atoms with Gasteiger partial charge in [0, 0.05) is 25.3 Å². The standard InChI is InChI=1S/C16H30N4/c1-3-20-14-18-13-16(20)12-17-10-7-11-19(2)15-8-5-4-6-9-15/h13-15,17H,3-12H2,1-2H3. The first kappa shape index (κ1) is 15.5. The Morgan fingerprint density at radius 2 is 2.15 bits per heavy atom. The zero-order valence-electron chi connectivity index (χ0n) is 13.1. The van der Waals surface area contributed by atoms with E-state index in [1.807, 2.05) is 12.5 Å². The minimum Gasteiger partial charge on any atom is -0.334 e. The van der Waals surface area contributed by atoms with E-state index in [0.29, 0.717) is 0 Å². The van der Waals surface area contributed by atoms with Crippen molar-refractivity contribution in [2.75, 3.05) is 20.1 Å². The lowest BCUT2D eigenvalue weighted by atomic mass is 9.94. The van der Waals surface area contributed by atoms with Crippen LogP contribution in [-0.2, 0) is 13.1 Å². The molecule has 2 rings (SSSR count). The highest BCUT2D eigenvalue weighted by atomic mass is 15.1. The number of nitrogens with one attached hydrogen (secondary N) is 1. The van der Waals surface area contributed by atoms with Crippen molar-refractivity contribution in [1.29, 1.82) is 0 Å². The summed E-state index contributed by atoms with van der Waals surface area (Å²) in [5.41, 5.74) is 1.29. The van der Waals surface area contributed by atoms with Crippen LogP contribution in [0.25, 0.3) is 0 Å². The van der Waals surface area contributed by atoms with E-state index in [4.69, 9.17) is 0 Å². The van der Waals surface area contributed by atoms with Crippen molar-refractivity contribution in [3.05, 3.63) is 18.2 Å². The lowest BCUT2D eigenvalue weighted by molar-refractivity contribution is 0.189. The number of rotatable bonds is 8. The smallest absolute Gasteiger partial charge is 0.0948 e. The molecule has 0 unspecified atom stereocenters. The SMILES string of the molecule is CCn1cncc1CNCCCN(C)C1CCCCC1. The van der Waals surface area contributed by atoms with Crippen LogP contribution in [0.1, 0.15) is 51.1 Å². The minimum atomic E-state index is 0.838. The van der Waals surface area contributed by atoms with Gasteiger partial charge in [0.25, 0.3) is 0 Å². The van der Waals surface area contributed by atoms with Crippen molar-refractivity contribution in [2.24, 2.45) is 0 Å². The van der Waals surface area contributed by atoms with Gasteiger partial charge in [-0.05, 0) is 46.3 Å². The number of hydrogen-bond acceptors (Lipinski definition) is 3. The first-order chi connectivity index (χ1) is 9.81. The van der Waals surface area contributed by atoms with E-state index in [1.165, 1.54) is 50.8 Å². The maximum Gasteiger partial charge on any atom is 0.0948 e. The Labute approximate surface area is 123 Å². The molecule has 0 atom stereocenters. The third-order valence-corrected chi connectivity index (χ3v) is 4.51. The molecular weight excluding hydrogens is 248 g/mol. The van der Waals surface area contributed by atoms with E-state index in [2.05, 4.69) is 33.7 Å². The summed E-state index contributed by atoms with van der Waals surface area (Å²) in [6, 6.07) is 0.838. The van der Waals surface area contributed by atoms with Gasteiger partial charge in [0.1, 0.15) is 0 Å². The van der Waals surface area contributed by atoms with Gasteiger partial charge in [0.15, 0.2) is 0 Å². The van der Waals surface area contributed by atoms with Crippen LogP contribution in [0.4, 0.5) is 0 Å². The molecule has 20 heavy (non-hydrogen) atoms. The largest absolute Gasteiger partial charge is 0.334 e. The van der Waals surface area contributed by atoms with Crippen molar-refractivity contribution in [3.8, 4) is 0 Å². The summed E-state index contributed by atoms with van der Waals surface area (Å²) in [4.78, 5) is 6.76. The first-order valence-corrected chi connectivity index (χ1v) is 8.21. The third kappa shape index (κ3) is 4.60. The number of nitrogens with zero attached hydrogens (tertiary/aromatic N) is 3. The summed E-state index contributed by atoms with van der Waals surface area (Å²) in [6.45, 7) is 6.39. The van der Waals surface area contributed by atoms with Crippen LogP contribution in [-0.4, -0.2) is 40.6 Å². The molecule has 1 aromatic heterocycles. The molecule has 1 N–H and O–H groups in total. The fourth-order valence-electron chi connectivity index (χ4n) is 3.15. The molecule has 1 fully saturated rings. The fraction of sp³-hybridized carbons (Fsp3) is 0.812. The van der Waals surface area contributed by atoms with Crippen molar-refractivity contribution in [1.82, 2.24) is 19.8 Å². The third-order valence-electron chi connectivity index (χ3n) is 4.51. The zero-order chi connectivity index (χ0) is 14.2. The predicted octanol–water partition coefficient (Wildman–Crippen LogP) is 2.65. The molecule has 1 aromatic rings. The van der Waals surface area contributed by atoms with Crippen molar-refractivity contribution in [2.45, 2.75) is 64.6 Å². The van der Waals surface area contributed by atoms with E-state index >= 15 is 0 Å². The van der Waals surface area contributed by atoms with E-state index in [-0.39, 0.29) is 0 Å². The van der Waals surface area contributed by atoms with Crippen LogP contribution in [0.3, 0.4) is 0 Å². The van der Waals surface area contributed by atoms with Crippen LogP contribution >= 0.6 is 0 Å². The second-order valence-corrected chi connectivity index (χ2v) is 5.97. The zero-order valence-corrected chi connectivity index (χ0v) is 13.1. The molecule has 0 bridgehead atoms. The first-order valence-electron chi connectivity index (χ1n) is 8.21. The van der Waals surface area contributed by atoms with Gasteiger partial charge in [0.2, 0.25) is 0 Å². The number of aryl methyl sites for hydroxylation is 1. The molecular formula is C16H30N4. The Morgan fingerprint density at radius 3 is 2.90 bits per heavy atom. The second-order valence-electron chi connectivity index (χ2n) is 5.97. The van der Waals surface area contributed by atoms with Crippen LogP contribution in [0.2, 0.25) is 0 Å². The summed E-state index contributed by atoms with van der Waals surface area (Å²) < 4.78 is 2.20. The molecule has 0 spiro atoms. The van der Waals surface area contributed by atoms with Gasteiger partial charge in [-0.15, -0.1) is 0 Å². The predicted molar refractivity (Wildman–Crippen MR) is 83.7 cm³/mol. The van der Waals surface area contributed by atoms with E-state index < -0.39 is 0 Å². The summed E-state index contributed by atoms with van der Waals surface area (Å²) in [6.07, 6.45) is 12.2. The monoisotopic (exact) mass is 278 g/mol. The normalized spacial score (nSPS) is 16.9. The Bertz CT molecular complexity index is 368. The molecule has 4 nitrogen and oxygen atoms in total. The molecule has 0 amide bonds. The molecule has 0 radical (unpaired) electrons. The number of aromatic nitrogens is 2. The molecule has 1 aliphatic carbocycles. The Kier molecular flexibility index (Phi) is 6.54. The van der Waals surface area contributed by atoms with Gasteiger partial charge < -0.3 is 14.8 Å². The minimum absolute atomic E-state index is 0.838. The number of imidazole rings is 1. The summed E-state index contributed by atoms with van der Waals surface area (Å²) in [7, 11) is 2.29. The van der Waals surface area contributed by atoms with Crippen LogP contribution < -0.4 is 5.32 Å². The molecule has 1 heterocycles. The van der Waals surface area contributed by atoms with E-state index in [0.717, 1.165) is 25.7 Å². The average Bonchev–Trinajstić information content (AvgIpc) is 2.95. The highest BCUT2D eigenvalue weighted by molar-refractivity contribution is 4.97. The Morgan fingerprint density at radius 1 is 1.35 bits per heavy atom. The summed E-state index contributed by atoms with van der Waals surface area (Å²) in [5.74, 6) is 0. The molecule has 0 aromatic carbocycles. The maximum atomic E-state index is 4.20. The molecule has 0 aliphatic heterocycles. The maximum absolute atomic E-state index is 4.20. The molecule has 0 saturated heterocycles. The van der Waals surface area contributed by atoms with Crippen molar-refractivity contribution < 1.29 is 0 Å². The summed E-state index contributed by atoms with van der Waals surface area (Å²) in [5, 5.41) is 3.53. The summed E-state index contributed by atoms with van der Waals surface area (Å²) >= 11 is 0. The Hall–Kier alpha value is -0.870. The topological polar surface area (TPSA) is 33.1 Å². The van der Waals surface area contributed by atoms with E-state index in [9.17, 15) is 0 Å². The average molecular weight is 278 g/mol. The van der Waals surface area contributed by atoms with Crippen LogP contribution in [0.15, 0.2) is 12.5 Å².